The van der Waals surface area contributed by atoms with Crippen molar-refractivity contribution in [3.63, 3.8) is 0 Å². The zero-order valence-corrected chi connectivity index (χ0v) is 81.9. The Kier molecular flexibility index (Phi) is 30.1. The van der Waals surface area contributed by atoms with Gasteiger partial charge in [-0.3, -0.25) is 33.9 Å². The van der Waals surface area contributed by atoms with Crippen LogP contribution in [0.25, 0.3) is 4.85 Å². The fraction of sp³-hybridized carbons (Fsp3) is 0.380. The Balaban J connectivity index is 0.000000128. The van der Waals surface area contributed by atoms with Gasteiger partial charge in [-0.1, -0.05) is 6.07 Å². The van der Waals surface area contributed by atoms with Gasteiger partial charge < -0.3 is 88.2 Å². The molecule has 0 bridgehead atoms. The number of rotatable bonds is 22. The minimum absolute atomic E-state index is 0.0132. The first-order valence-electron chi connectivity index (χ1n) is 46.2. The molecular formula is C100H93F11N20O18S. The van der Waals surface area contributed by atoms with Gasteiger partial charge in [0.15, 0.2) is 74.1 Å². The first kappa shape index (κ1) is 106. The van der Waals surface area contributed by atoms with Crippen LogP contribution < -0.4 is 45.5 Å². The van der Waals surface area contributed by atoms with Crippen LogP contribution in [0.4, 0.5) is 82.4 Å². The molecule has 1 saturated carbocycles. The number of benzene rings is 5. The Bertz CT molecular complexity index is 6910. The number of methoxy groups -OCH3 is 2. The Hall–Kier alpha value is -15.5. The average Bonchev–Trinajstić information content (AvgIpc) is 1.60. The van der Waals surface area contributed by atoms with Crippen molar-refractivity contribution in [3.8, 4) is 23.5 Å². The lowest BCUT2D eigenvalue weighted by atomic mass is 9.78. The van der Waals surface area contributed by atoms with Gasteiger partial charge in [-0.2, -0.15) is 0 Å². The number of hydrogen-bond acceptors (Lipinski definition) is 33. The molecule has 5 aromatic heterocycles. The molecule has 0 spiro atoms. The molecule has 38 nitrogen and oxygen atoms in total. The van der Waals surface area contributed by atoms with Gasteiger partial charge in [0, 0.05) is 95.9 Å². The zero-order chi connectivity index (χ0) is 107. The number of thioether (sulfide) groups is 1. The van der Waals surface area contributed by atoms with Crippen molar-refractivity contribution in [1.29, 1.82) is 0 Å². The second-order valence-electron chi connectivity index (χ2n) is 36.2. The Morgan fingerprint density at radius 1 is 0.347 bits per heavy atom. The molecule has 5 N–H and O–H groups in total. The van der Waals surface area contributed by atoms with Gasteiger partial charge in [0.05, 0.1) is 148 Å². The monoisotopic (exact) mass is 2100 g/mol. The molecule has 11 aliphatic rings. The van der Waals surface area contributed by atoms with Crippen LogP contribution in [-0.4, -0.2) is 263 Å². The molecule has 1 aliphatic carbocycles. The number of fused-ring (bicyclic) bond motifs is 5. The lowest BCUT2D eigenvalue weighted by Gasteiger charge is -2.39. The van der Waals surface area contributed by atoms with E-state index in [-0.39, 0.29) is 225 Å². The summed E-state index contributed by atoms with van der Waals surface area (Å²) in [6.45, 7) is 14.0. The summed E-state index contributed by atoms with van der Waals surface area (Å²) in [6, 6.07) is 22.3. The maximum absolute atomic E-state index is 15.6. The van der Waals surface area contributed by atoms with Crippen LogP contribution in [0.2, 0.25) is 0 Å². The van der Waals surface area contributed by atoms with E-state index in [0.29, 0.717) is 41.7 Å². The molecule has 784 valence electrons. The number of halogens is 11. The predicted octanol–water partition coefficient (Wildman–Crippen LogP) is 14.4. The molecule has 10 aromatic rings. The average molecular weight is 2100 g/mol. The lowest BCUT2D eigenvalue weighted by Crippen LogP contribution is -2.53. The summed E-state index contributed by atoms with van der Waals surface area (Å²) >= 11 is 1.28. The predicted molar refractivity (Wildman–Crippen MR) is 517 cm³/mol. The highest BCUT2D eigenvalue weighted by Crippen LogP contribution is 2.56. The molecule has 15 heterocycles. The normalized spacial score (nSPS) is 25.9. The standard InChI is InChI=1S/C22H21F3N4O4.C20H20F2N4O4.C20H16F2N4O3.C19H18F2N4O4.C19H18F2N4O3S/c1-13-29-22(12-31-10-21(22,25)11-32-13)15-6-14(2-3-16(15)23)28-19(30)17-7-27-18(8-26-17)33-9-20(24)4-5-20;1-3-29-17-8-23-16(7-24-17)18(27)25-13-4-5-15(21)14(6-13)20-11-28-9-19(20,22)10-30-12(2)26-20;1-12-26-20(11-28-9-19(20,22)10-29-12)15-7-13(3-5-16(15)21)25-18(27)17-6-4-14(23-2)8-24-17;1-11-25-19(10-28-8-18(19,21)9-29-11)13-5-12(3-4-14(13)20)24-17(26)15-6-23-16(27-2)7-22-15;1-11-25-19(9-28-8-18(19,21)10-29-11)13-5-12(3-4-14(13)20)24-17(26)15-6-23-16(27-2)7-22-15/h2-3,6-8H,4-5,9-12H2,1H3,(H,28,30);4-8H,3,9-11H2,1-2H3,(H,25,27);3-8H,9-11H2,1H3,(H,25,27);2*3-7H,8-10H2,1-2H3,(H,24,26)/t21-,22-;2*19-,20-;2*18-,19-/m11111/s1. The van der Waals surface area contributed by atoms with Gasteiger partial charge in [-0.15, -0.1) is 11.8 Å². The van der Waals surface area contributed by atoms with Gasteiger partial charge in [0.2, 0.25) is 29.2 Å². The van der Waals surface area contributed by atoms with Gasteiger partial charge in [-0.05, 0) is 124 Å². The van der Waals surface area contributed by atoms with Gasteiger partial charge in [-0.25, -0.2) is 113 Å². The zero-order valence-electron chi connectivity index (χ0n) is 81.1. The van der Waals surface area contributed by atoms with Crippen LogP contribution in [0.5, 0.6) is 23.5 Å². The Morgan fingerprint density at radius 2 is 0.627 bits per heavy atom. The number of aromatic nitrogens is 9. The SMILES string of the molecule is CC1=N[C@@]2(c3cc(NC(=O)c4cnc(OCC5(F)CC5)cn4)ccc3F)COC[C@@]2(F)CO1.CCOc1cnc(C(=O)Nc2ccc(F)c([C@]34COC[C@@]3(F)COC(C)=N4)c2)cn1.COc1cnc(C(=O)Nc2ccc(F)c([C@]34COC[C@@]3(F)COC(C)=N4)c2)cn1.COc1cnc(C(=O)Nc2ccc(F)c([C@]34COC[C@@]3(F)CSC(C)=N4)c2)cn1.[C-]#[N+]c1ccc(C(=O)Nc2ccc(F)c([C@]34COC[C@@]3(F)COC(C)=N4)c2)nc1. The third-order valence-corrected chi connectivity index (χ3v) is 27.2. The van der Waals surface area contributed by atoms with Gasteiger partial charge in [0.1, 0.15) is 102 Å². The summed E-state index contributed by atoms with van der Waals surface area (Å²) in [7, 11) is 2.87. The number of nitrogens with zero attached hydrogens (tertiary/aromatic N) is 15. The van der Waals surface area contributed by atoms with Crippen LogP contribution in [0.3, 0.4) is 0 Å². The molecule has 0 unspecified atom stereocenters. The second kappa shape index (κ2) is 42.6. The highest BCUT2D eigenvalue weighted by Gasteiger charge is 2.67. The van der Waals surface area contributed by atoms with E-state index in [1.54, 1.807) is 41.5 Å². The summed E-state index contributed by atoms with van der Waals surface area (Å²) in [5.74, 6) is -4.06. The van der Waals surface area contributed by atoms with Crippen LogP contribution in [0, 0.1) is 35.7 Å². The van der Waals surface area contributed by atoms with E-state index in [2.05, 4.69) is 101 Å². The largest absolute Gasteiger partial charge is 0.480 e. The van der Waals surface area contributed by atoms with Gasteiger partial charge >= 0.3 is 0 Å². The fourth-order valence-electron chi connectivity index (χ4n) is 17.9. The van der Waals surface area contributed by atoms with Gasteiger partial charge in [0.25, 0.3) is 29.5 Å². The number of carbonyl (C=O) groups excluding carboxylic acids is 5. The van der Waals surface area contributed by atoms with Crippen molar-refractivity contribution in [2.45, 2.75) is 116 Å². The summed E-state index contributed by atoms with van der Waals surface area (Å²) in [5.41, 5.74) is -17.3. The molecular weight excluding hydrogens is 2010 g/mol. The van der Waals surface area contributed by atoms with E-state index in [9.17, 15) is 50.3 Å². The molecule has 5 aromatic carbocycles. The highest BCUT2D eigenvalue weighted by molar-refractivity contribution is 8.14. The number of aliphatic imine (C=N–C) groups is 5. The van der Waals surface area contributed by atoms with Crippen LogP contribution >= 0.6 is 11.8 Å². The minimum atomic E-state index is -2.05. The lowest BCUT2D eigenvalue weighted by molar-refractivity contribution is 0.00964. The first-order chi connectivity index (χ1) is 71.7. The molecule has 21 rings (SSSR count). The van der Waals surface area contributed by atoms with Crippen molar-refractivity contribution < 1.29 is 134 Å². The maximum atomic E-state index is 15.6. The van der Waals surface area contributed by atoms with Crippen LogP contribution in [-0.2, 0) is 70.3 Å². The molecule has 5 saturated heterocycles. The van der Waals surface area contributed by atoms with E-state index >= 15 is 22.0 Å². The smallest absolute Gasteiger partial charge is 0.275 e. The fourth-order valence-corrected chi connectivity index (χ4v) is 18.9. The number of alkyl halides is 6. The van der Waals surface area contributed by atoms with Crippen molar-refractivity contribution >= 4 is 104 Å². The second-order valence-corrected chi connectivity index (χ2v) is 37.4. The molecule has 150 heavy (non-hydrogen) atoms. The van der Waals surface area contributed by atoms with Crippen molar-refractivity contribution in [1.82, 2.24) is 44.9 Å². The van der Waals surface area contributed by atoms with E-state index in [1.165, 1.54) is 161 Å². The van der Waals surface area contributed by atoms with E-state index < -0.39 is 120 Å². The van der Waals surface area contributed by atoms with E-state index in [0.717, 1.165) is 24.3 Å². The number of anilines is 5. The number of nitrogens with one attached hydrogen (secondary N) is 5. The molecule has 5 amide bonds. The van der Waals surface area contributed by atoms with E-state index in [4.69, 9.17) is 68.2 Å². The summed E-state index contributed by atoms with van der Waals surface area (Å²) in [5, 5.41) is 13.7. The topological polar surface area (TPSA) is 448 Å². The quantitative estimate of drug-likeness (QED) is 0.0311. The third kappa shape index (κ3) is 21.1. The molecule has 10 atom stereocenters. The highest BCUT2D eigenvalue weighted by atomic mass is 32.2. The van der Waals surface area contributed by atoms with Crippen LogP contribution in [0.15, 0.2) is 184 Å². The number of amides is 5. The molecule has 0 radical (unpaired) electrons. The van der Waals surface area contributed by atoms with Crippen molar-refractivity contribution in [3.05, 3.63) is 256 Å². The number of hydrogen-bond donors (Lipinski definition) is 5. The molecule has 10 aliphatic heterocycles. The third-order valence-electron chi connectivity index (χ3n) is 26.1. The maximum Gasteiger partial charge on any atom is 0.275 e. The number of pyridine rings is 1. The molecule has 50 heteroatoms. The van der Waals surface area contributed by atoms with Crippen molar-refractivity contribution in [2.75, 3.05) is 152 Å². The van der Waals surface area contributed by atoms with Crippen LogP contribution in [0.1, 0.15) is 135 Å². The minimum Gasteiger partial charge on any atom is -0.480 e. The van der Waals surface area contributed by atoms with E-state index in [1.807, 2.05) is 0 Å². The summed E-state index contributed by atoms with van der Waals surface area (Å²) < 4.78 is 233. The summed E-state index contributed by atoms with van der Waals surface area (Å²) in [4.78, 5) is 123. The number of carbonyl (C=O) groups is 5. The Labute approximate surface area is 851 Å². The first-order valence-corrected chi connectivity index (χ1v) is 47.2. The number of ether oxygens (including phenoxy) is 13. The Morgan fingerprint density at radius 3 is 0.893 bits per heavy atom. The van der Waals surface area contributed by atoms with Crippen molar-refractivity contribution in [2.24, 2.45) is 25.0 Å². The molecule has 6 fully saturated rings. The summed E-state index contributed by atoms with van der Waals surface area (Å²) in [6.07, 6.45) is 12.3.